The molecule has 2 aromatic rings. The van der Waals surface area contributed by atoms with E-state index in [9.17, 15) is 9.90 Å². The van der Waals surface area contributed by atoms with Crippen molar-refractivity contribution in [3.05, 3.63) is 59.7 Å². The van der Waals surface area contributed by atoms with Gasteiger partial charge in [0.25, 0.3) is 5.91 Å². The van der Waals surface area contributed by atoms with Crippen molar-refractivity contribution in [3.8, 4) is 5.75 Å². The van der Waals surface area contributed by atoms with Gasteiger partial charge >= 0.3 is 0 Å². The fraction of sp³-hybridized carbons (Fsp3) is 0.235. The van der Waals surface area contributed by atoms with Crippen molar-refractivity contribution in [2.24, 2.45) is 0 Å². The number of phenolic OH excluding ortho intramolecular Hbond substituents is 1. The second-order valence-corrected chi connectivity index (χ2v) is 4.84. The molecule has 0 atom stereocenters. The summed E-state index contributed by atoms with van der Waals surface area (Å²) in [6.07, 6.45) is 1.11. The second kappa shape index (κ2) is 7.45. The van der Waals surface area contributed by atoms with Crippen LogP contribution in [0.15, 0.2) is 48.5 Å². The van der Waals surface area contributed by atoms with Crippen molar-refractivity contribution in [2.75, 3.05) is 11.9 Å². The van der Waals surface area contributed by atoms with Crippen LogP contribution in [0.25, 0.3) is 0 Å². The second-order valence-electron chi connectivity index (χ2n) is 4.84. The largest absolute Gasteiger partial charge is 0.507 e. The number of nitrogens with one attached hydrogen (secondary N) is 2. The van der Waals surface area contributed by atoms with Crippen LogP contribution in [0.1, 0.15) is 29.3 Å². The summed E-state index contributed by atoms with van der Waals surface area (Å²) in [6, 6.07) is 14.2. The van der Waals surface area contributed by atoms with Gasteiger partial charge in [-0.15, -0.1) is 0 Å². The van der Waals surface area contributed by atoms with Crippen LogP contribution in [0, 0.1) is 0 Å². The van der Waals surface area contributed by atoms with Gasteiger partial charge in [0.05, 0.1) is 5.56 Å². The molecule has 3 N–H and O–H groups in total. The van der Waals surface area contributed by atoms with Crippen LogP contribution in [0.3, 0.4) is 0 Å². The smallest absolute Gasteiger partial charge is 0.259 e. The Kier molecular flexibility index (Phi) is 5.35. The van der Waals surface area contributed by atoms with E-state index >= 15 is 0 Å². The molecule has 0 saturated carbocycles. The van der Waals surface area contributed by atoms with E-state index in [-0.39, 0.29) is 17.2 Å². The summed E-state index contributed by atoms with van der Waals surface area (Å²) in [5.41, 5.74) is 2.15. The first-order valence-electron chi connectivity index (χ1n) is 7.09. The third-order valence-electron chi connectivity index (χ3n) is 3.12. The van der Waals surface area contributed by atoms with Crippen molar-refractivity contribution < 1.29 is 9.90 Å². The molecule has 0 spiro atoms. The minimum atomic E-state index is -0.315. The quantitative estimate of drug-likeness (QED) is 0.714. The SMILES string of the molecule is CCCNCc1ccc(NC(=O)c2ccccc2O)cc1. The molecule has 0 heterocycles. The molecule has 0 aliphatic heterocycles. The number of phenols is 1. The third-order valence-corrected chi connectivity index (χ3v) is 3.12. The number of carbonyl (C=O) groups is 1. The number of para-hydroxylation sites is 1. The van der Waals surface area contributed by atoms with E-state index in [4.69, 9.17) is 0 Å². The Hall–Kier alpha value is -2.33. The predicted octanol–water partition coefficient (Wildman–Crippen LogP) is 3.14. The molecule has 2 rings (SSSR count). The Morgan fingerprint density at radius 3 is 2.48 bits per heavy atom. The normalized spacial score (nSPS) is 10.3. The summed E-state index contributed by atoms with van der Waals surface area (Å²) in [5, 5.41) is 15.8. The van der Waals surface area contributed by atoms with Crippen LogP contribution in [0.4, 0.5) is 5.69 Å². The molecule has 2 aromatic carbocycles. The van der Waals surface area contributed by atoms with Crippen LogP contribution in [-0.2, 0) is 6.54 Å². The molecule has 0 bridgehead atoms. The zero-order valence-electron chi connectivity index (χ0n) is 12.1. The number of carbonyl (C=O) groups excluding carboxylic acids is 1. The maximum absolute atomic E-state index is 12.0. The van der Waals surface area contributed by atoms with Gasteiger partial charge in [-0.25, -0.2) is 0 Å². The van der Waals surface area contributed by atoms with Gasteiger partial charge in [0.1, 0.15) is 5.75 Å². The first-order valence-corrected chi connectivity index (χ1v) is 7.09. The van der Waals surface area contributed by atoms with Gasteiger partial charge in [-0.3, -0.25) is 4.79 Å². The molecule has 21 heavy (non-hydrogen) atoms. The van der Waals surface area contributed by atoms with Crippen molar-refractivity contribution in [3.63, 3.8) is 0 Å². The zero-order chi connectivity index (χ0) is 15.1. The molecule has 0 fully saturated rings. The lowest BCUT2D eigenvalue weighted by molar-refractivity contribution is 0.102. The van der Waals surface area contributed by atoms with Crippen LogP contribution in [-0.4, -0.2) is 17.6 Å². The van der Waals surface area contributed by atoms with Crippen LogP contribution >= 0.6 is 0 Å². The number of hydrogen-bond acceptors (Lipinski definition) is 3. The zero-order valence-corrected chi connectivity index (χ0v) is 12.1. The minimum absolute atomic E-state index is 0.0182. The molecule has 0 radical (unpaired) electrons. The van der Waals surface area contributed by atoms with Gasteiger partial charge in [0.2, 0.25) is 0 Å². The molecular weight excluding hydrogens is 264 g/mol. The Morgan fingerprint density at radius 1 is 1.10 bits per heavy atom. The van der Waals surface area contributed by atoms with Gasteiger partial charge in [-0.05, 0) is 42.8 Å². The van der Waals surface area contributed by atoms with E-state index in [1.165, 1.54) is 11.6 Å². The minimum Gasteiger partial charge on any atom is -0.507 e. The highest BCUT2D eigenvalue weighted by Gasteiger charge is 2.10. The fourth-order valence-corrected chi connectivity index (χ4v) is 1.98. The van der Waals surface area contributed by atoms with E-state index in [1.807, 2.05) is 24.3 Å². The first-order chi connectivity index (χ1) is 10.2. The summed E-state index contributed by atoms with van der Waals surface area (Å²) in [4.78, 5) is 12.0. The molecule has 0 aliphatic carbocycles. The Morgan fingerprint density at radius 2 is 1.81 bits per heavy atom. The Bertz CT molecular complexity index is 594. The highest BCUT2D eigenvalue weighted by atomic mass is 16.3. The van der Waals surface area contributed by atoms with E-state index in [2.05, 4.69) is 17.6 Å². The molecular formula is C17H20N2O2. The summed E-state index contributed by atoms with van der Waals surface area (Å²) in [6.45, 7) is 3.94. The Balaban J connectivity index is 1.97. The highest BCUT2D eigenvalue weighted by molar-refractivity contribution is 6.06. The first kappa shape index (κ1) is 15.1. The number of rotatable bonds is 6. The number of benzene rings is 2. The average Bonchev–Trinajstić information content (AvgIpc) is 2.49. The molecule has 0 saturated heterocycles. The molecule has 110 valence electrons. The molecule has 0 aliphatic rings. The third kappa shape index (κ3) is 4.33. The number of amides is 1. The molecule has 1 amide bonds. The summed E-state index contributed by atoms with van der Waals surface area (Å²) >= 11 is 0. The van der Waals surface area contributed by atoms with Crippen molar-refractivity contribution in [2.45, 2.75) is 19.9 Å². The number of anilines is 1. The van der Waals surface area contributed by atoms with E-state index < -0.39 is 0 Å². The molecule has 4 heteroatoms. The summed E-state index contributed by atoms with van der Waals surface area (Å²) in [5.74, 6) is -0.333. The van der Waals surface area contributed by atoms with Gasteiger partial charge in [0.15, 0.2) is 0 Å². The predicted molar refractivity (Wildman–Crippen MR) is 84.5 cm³/mol. The van der Waals surface area contributed by atoms with Gasteiger partial charge in [0, 0.05) is 12.2 Å². The lowest BCUT2D eigenvalue weighted by atomic mass is 10.1. The molecule has 4 nitrogen and oxygen atoms in total. The monoisotopic (exact) mass is 284 g/mol. The van der Waals surface area contributed by atoms with E-state index in [1.54, 1.807) is 18.2 Å². The summed E-state index contributed by atoms with van der Waals surface area (Å²) < 4.78 is 0. The average molecular weight is 284 g/mol. The van der Waals surface area contributed by atoms with Crippen molar-refractivity contribution in [1.29, 1.82) is 0 Å². The molecule has 0 unspecified atom stereocenters. The lowest BCUT2D eigenvalue weighted by Crippen LogP contribution is -2.14. The Labute approximate surface area is 124 Å². The van der Waals surface area contributed by atoms with Gasteiger partial charge in [-0.1, -0.05) is 31.2 Å². The van der Waals surface area contributed by atoms with Crippen LogP contribution < -0.4 is 10.6 Å². The maximum Gasteiger partial charge on any atom is 0.259 e. The van der Waals surface area contributed by atoms with Crippen LogP contribution in [0.5, 0.6) is 5.75 Å². The molecule has 0 aromatic heterocycles. The highest BCUT2D eigenvalue weighted by Crippen LogP contribution is 2.18. The number of hydrogen-bond donors (Lipinski definition) is 3. The topological polar surface area (TPSA) is 61.4 Å². The van der Waals surface area contributed by atoms with Gasteiger partial charge < -0.3 is 15.7 Å². The van der Waals surface area contributed by atoms with Crippen molar-refractivity contribution >= 4 is 11.6 Å². The number of aromatic hydroxyl groups is 1. The van der Waals surface area contributed by atoms with Crippen LogP contribution in [0.2, 0.25) is 0 Å². The lowest BCUT2D eigenvalue weighted by Gasteiger charge is -2.08. The standard InChI is InChI=1S/C17H20N2O2/c1-2-11-18-12-13-7-9-14(10-8-13)19-17(21)15-5-3-4-6-16(15)20/h3-10,18,20H,2,11-12H2,1H3,(H,19,21). The van der Waals surface area contributed by atoms with Crippen molar-refractivity contribution in [1.82, 2.24) is 5.32 Å². The maximum atomic E-state index is 12.0. The summed E-state index contributed by atoms with van der Waals surface area (Å²) in [7, 11) is 0. The fourth-order valence-electron chi connectivity index (χ4n) is 1.98. The van der Waals surface area contributed by atoms with E-state index in [0.29, 0.717) is 5.69 Å². The van der Waals surface area contributed by atoms with Gasteiger partial charge in [-0.2, -0.15) is 0 Å². The van der Waals surface area contributed by atoms with E-state index in [0.717, 1.165) is 19.5 Å².